The highest BCUT2D eigenvalue weighted by Gasteiger charge is 2.15. The minimum atomic E-state index is -0.258. The predicted molar refractivity (Wildman–Crippen MR) is 96.5 cm³/mol. The Balaban J connectivity index is 2.01. The van der Waals surface area contributed by atoms with E-state index in [4.69, 9.17) is 0 Å². The number of hydrogen-bond donors (Lipinski definition) is 2. The van der Waals surface area contributed by atoms with Gasteiger partial charge in [-0.3, -0.25) is 4.79 Å². The van der Waals surface area contributed by atoms with Gasteiger partial charge in [-0.2, -0.15) is 0 Å². The zero-order valence-electron chi connectivity index (χ0n) is 13.8. The third kappa shape index (κ3) is 3.51. The lowest BCUT2D eigenvalue weighted by molar-refractivity contribution is 0.0929. The summed E-state index contributed by atoms with van der Waals surface area (Å²) in [4.78, 5) is 21.2. The zero-order valence-corrected chi connectivity index (χ0v) is 13.8. The number of hydrogen-bond acceptors (Lipinski definition) is 4. The Bertz CT molecular complexity index is 848. The summed E-state index contributed by atoms with van der Waals surface area (Å²) in [5.41, 5.74) is 1.65. The van der Waals surface area contributed by atoms with E-state index < -0.39 is 0 Å². The minimum absolute atomic E-state index is 0.0816. The van der Waals surface area contributed by atoms with Crippen LogP contribution in [0.2, 0.25) is 0 Å². The van der Waals surface area contributed by atoms with Gasteiger partial charge in [0.1, 0.15) is 5.82 Å². The lowest BCUT2D eigenvalue weighted by atomic mass is 10.2. The van der Waals surface area contributed by atoms with Gasteiger partial charge in [0.25, 0.3) is 5.91 Å². The summed E-state index contributed by atoms with van der Waals surface area (Å²) in [5, 5.41) is 7.06. The molecule has 1 heterocycles. The van der Waals surface area contributed by atoms with Gasteiger partial charge in [-0.25, -0.2) is 9.97 Å². The first-order chi connectivity index (χ1) is 11.7. The van der Waals surface area contributed by atoms with E-state index in [0.717, 1.165) is 23.0 Å². The van der Waals surface area contributed by atoms with Crippen LogP contribution in [0, 0.1) is 0 Å². The average molecular weight is 320 g/mol. The molecule has 5 heteroatoms. The number of amides is 1. The molecule has 0 aliphatic heterocycles. The Labute approximate surface area is 141 Å². The van der Waals surface area contributed by atoms with Crippen LogP contribution >= 0.6 is 0 Å². The van der Waals surface area contributed by atoms with Crippen molar-refractivity contribution in [3.63, 3.8) is 0 Å². The highest BCUT2D eigenvalue weighted by atomic mass is 16.2. The van der Waals surface area contributed by atoms with Crippen LogP contribution in [-0.4, -0.2) is 21.9 Å². The highest BCUT2D eigenvalue weighted by Crippen LogP contribution is 2.23. The SMILES string of the molecule is CCC(C)NC(=O)c1nc(Nc2ccccc2)c2ccccc2n1. The lowest BCUT2D eigenvalue weighted by Crippen LogP contribution is -2.33. The number of fused-ring (bicyclic) bond motifs is 1. The van der Waals surface area contributed by atoms with E-state index in [-0.39, 0.29) is 17.8 Å². The van der Waals surface area contributed by atoms with E-state index in [2.05, 4.69) is 20.6 Å². The summed E-state index contributed by atoms with van der Waals surface area (Å²) in [7, 11) is 0. The predicted octanol–water partition coefficient (Wildman–Crippen LogP) is 3.90. The third-order valence-electron chi connectivity index (χ3n) is 3.83. The Morgan fingerprint density at radius 1 is 1.04 bits per heavy atom. The van der Waals surface area contributed by atoms with Crippen molar-refractivity contribution in [2.75, 3.05) is 5.32 Å². The van der Waals surface area contributed by atoms with Crippen molar-refractivity contribution in [2.24, 2.45) is 0 Å². The van der Waals surface area contributed by atoms with Gasteiger partial charge in [0.2, 0.25) is 5.82 Å². The van der Waals surface area contributed by atoms with E-state index in [1.165, 1.54) is 0 Å². The fraction of sp³-hybridized carbons (Fsp3) is 0.211. The summed E-state index contributed by atoms with van der Waals surface area (Å²) in [6, 6.07) is 17.5. The molecule has 3 aromatic rings. The second-order valence-corrected chi connectivity index (χ2v) is 5.69. The van der Waals surface area contributed by atoms with Crippen LogP contribution in [0.3, 0.4) is 0 Å². The van der Waals surface area contributed by atoms with Crippen molar-refractivity contribution in [3.8, 4) is 0 Å². The number of benzene rings is 2. The lowest BCUT2D eigenvalue weighted by Gasteiger charge is -2.13. The second-order valence-electron chi connectivity index (χ2n) is 5.69. The van der Waals surface area contributed by atoms with Crippen LogP contribution in [0.4, 0.5) is 11.5 Å². The molecule has 1 amide bonds. The molecule has 1 aromatic heterocycles. The molecule has 0 bridgehead atoms. The van der Waals surface area contributed by atoms with E-state index in [1.807, 2.05) is 68.4 Å². The molecule has 24 heavy (non-hydrogen) atoms. The van der Waals surface area contributed by atoms with E-state index in [0.29, 0.717) is 5.82 Å². The first kappa shape index (κ1) is 15.9. The van der Waals surface area contributed by atoms with Crippen LogP contribution in [0.15, 0.2) is 54.6 Å². The number of aromatic nitrogens is 2. The molecule has 0 saturated carbocycles. The average Bonchev–Trinajstić information content (AvgIpc) is 2.62. The molecule has 1 unspecified atom stereocenters. The molecule has 122 valence electrons. The van der Waals surface area contributed by atoms with Crippen molar-refractivity contribution in [1.29, 1.82) is 0 Å². The summed E-state index contributed by atoms with van der Waals surface area (Å²) < 4.78 is 0. The van der Waals surface area contributed by atoms with Crippen LogP contribution < -0.4 is 10.6 Å². The first-order valence-corrected chi connectivity index (χ1v) is 8.07. The van der Waals surface area contributed by atoms with E-state index in [1.54, 1.807) is 0 Å². The maximum atomic E-state index is 12.4. The molecule has 2 N–H and O–H groups in total. The third-order valence-corrected chi connectivity index (χ3v) is 3.83. The van der Waals surface area contributed by atoms with Gasteiger partial charge in [0, 0.05) is 17.1 Å². The molecule has 2 aromatic carbocycles. The number of carbonyl (C=O) groups is 1. The Morgan fingerprint density at radius 3 is 2.50 bits per heavy atom. The second kappa shape index (κ2) is 7.08. The number of rotatable bonds is 5. The zero-order chi connectivity index (χ0) is 16.9. The van der Waals surface area contributed by atoms with Crippen LogP contribution in [0.1, 0.15) is 30.9 Å². The van der Waals surface area contributed by atoms with Crippen molar-refractivity contribution in [2.45, 2.75) is 26.3 Å². The molecule has 0 aliphatic carbocycles. The summed E-state index contributed by atoms with van der Waals surface area (Å²) >= 11 is 0. The quantitative estimate of drug-likeness (QED) is 0.748. The fourth-order valence-electron chi connectivity index (χ4n) is 2.32. The smallest absolute Gasteiger partial charge is 0.289 e. The number of carbonyl (C=O) groups excluding carboxylic acids is 1. The number of anilines is 2. The highest BCUT2D eigenvalue weighted by molar-refractivity contribution is 5.97. The monoisotopic (exact) mass is 320 g/mol. The summed E-state index contributed by atoms with van der Waals surface area (Å²) in [6.45, 7) is 3.98. The molecular weight excluding hydrogens is 300 g/mol. The van der Waals surface area contributed by atoms with Gasteiger partial charge in [-0.15, -0.1) is 0 Å². The molecule has 5 nitrogen and oxygen atoms in total. The molecule has 0 aliphatic rings. The van der Waals surface area contributed by atoms with Gasteiger partial charge >= 0.3 is 0 Å². The van der Waals surface area contributed by atoms with Gasteiger partial charge < -0.3 is 10.6 Å². The standard InChI is InChI=1S/C19H20N4O/c1-3-13(2)20-19(24)18-22-16-12-8-7-11-15(16)17(23-18)21-14-9-5-4-6-10-14/h4-13H,3H2,1-2H3,(H,20,24)(H,21,22,23). The molecule has 1 atom stereocenters. The molecule has 0 radical (unpaired) electrons. The van der Waals surface area contributed by atoms with Crippen LogP contribution in [0.25, 0.3) is 10.9 Å². The maximum Gasteiger partial charge on any atom is 0.289 e. The Morgan fingerprint density at radius 2 is 1.75 bits per heavy atom. The Kier molecular flexibility index (Phi) is 4.70. The van der Waals surface area contributed by atoms with Crippen molar-refractivity contribution < 1.29 is 4.79 Å². The Hall–Kier alpha value is -2.95. The number of nitrogens with one attached hydrogen (secondary N) is 2. The number of nitrogens with zero attached hydrogens (tertiary/aromatic N) is 2. The molecule has 3 rings (SSSR count). The van der Waals surface area contributed by atoms with Gasteiger partial charge in [-0.1, -0.05) is 37.3 Å². The van der Waals surface area contributed by atoms with Gasteiger partial charge in [0.05, 0.1) is 5.52 Å². The summed E-state index contributed by atoms with van der Waals surface area (Å²) in [6.07, 6.45) is 0.856. The van der Waals surface area contributed by atoms with Gasteiger partial charge in [-0.05, 0) is 37.6 Å². The molecular formula is C19H20N4O. The molecule has 0 fully saturated rings. The van der Waals surface area contributed by atoms with Crippen molar-refractivity contribution in [1.82, 2.24) is 15.3 Å². The van der Waals surface area contributed by atoms with Gasteiger partial charge in [0.15, 0.2) is 0 Å². The van der Waals surface area contributed by atoms with Crippen LogP contribution in [0.5, 0.6) is 0 Å². The van der Waals surface area contributed by atoms with Crippen molar-refractivity contribution in [3.05, 3.63) is 60.4 Å². The maximum absolute atomic E-state index is 12.4. The summed E-state index contributed by atoms with van der Waals surface area (Å²) in [5.74, 6) is 0.541. The topological polar surface area (TPSA) is 66.9 Å². The minimum Gasteiger partial charge on any atom is -0.347 e. The normalized spacial score (nSPS) is 11.9. The van der Waals surface area contributed by atoms with E-state index >= 15 is 0 Å². The van der Waals surface area contributed by atoms with E-state index in [9.17, 15) is 4.79 Å². The largest absolute Gasteiger partial charge is 0.347 e. The first-order valence-electron chi connectivity index (χ1n) is 8.07. The number of para-hydroxylation sites is 2. The fourth-order valence-corrected chi connectivity index (χ4v) is 2.32. The van der Waals surface area contributed by atoms with Crippen LogP contribution in [-0.2, 0) is 0 Å². The molecule has 0 saturated heterocycles. The van der Waals surface area contributed by atoms with Crippen molar-refractivity contribution >= 4 is 28.3 Å². The molecule has 0 spiro atoms.